The molecule has 1 N–H and O–H groups in total. The van der Waals surface area contributed by atoms with E-state index in [4.69, 9.17) is 4.42 Å². The number of amides is 1. The summed E-state index contributed by atoms with van der Waals surface area (Å²) in [5, 5.41) is 2.94. The van der Waals surface area contributed by atoms with Crippen LogP contribution in [0, 0.1) is 0 Å². The molecule has 4 aromatic rings. The van der Waals surface area contributed by atoms with Gasteiger partial charge in [-0.25, -0.2) is 4.98 Å². The molecule has 138 valence electrons. The molecule has 1 amide bonds. The highest BCUT2D eigenvalue weighted by Gasteiger charge is 2.17. The molecule has 1 heterocycles. The second-order valence-electron chi connectivity index (χ2n) is 6.12. The maximum Gasteiger partial charge on any atom is 0.256 e. The molecule has 0 saturated heterocycles. The average molecular weight is 386 g/mol. The zero-order valence-electron chi connectivity index (χ0n) is 15.3. The van der Waals surface area contributed by atoms with Crippen LogP contribution in [0.5, 0.6) is 0 Å². The fourth-order valence-corrected chi connectivity index (χ4v) is 3.28. The summed E-state index contributed by atoms with van der Waals surface area (Å²) in [5.41, 5.74) is 2.85. The number of hydrogen-bond acceptors (Lipinski definition) is 4. The van der Waals surface area contributed by atoms with E-state index in [9.17, 15) is 4.79 Å². The molecule has 4 rings (SSSR count). The van der Waals surface area contributed by atoms with Crippen LogP contribution in [0.4, 0.5) is 5.69 Å². The minimum atomic E-state index is -0.202. The summed E-state index contributed by atoms with van der Waals surface area (Å²) in [6, 6.07) is 24.8. The Morgan fingerprint density at radius 2 is 1.64 bits per heavy atom. The van der Waals surface area contributed by atoms with Gasteiger partial charge in [0.25, 0.3) is 5.91 Å². The SMILES string of the molecule is CSc1ccc(NC(=O)c2ccccc2-c2ncc(-c3ccccc3)o2)cc1. The Balaban J connectivity index is 1.61. The van der Waals surface area contributed by atoms with Crippen LogP contribution in [-0.4, -0.2) is 17.1 Å². The van der Waals surface area contributed by atoms with Gasteiger partial charge in [0.05, 0.1) is 11.8 Å². The average Bonchev–Trinajstić information content (AvgIpc) is 3.25. The van der Waals surface area contributed by atoms with E-state index in [2.05, 4.69) is 10.3 Å². The first-order valence-corrected chi connectivity index (χ1v) is 10.0. The van der Waals surface area contributed by atoms with Crippen molar-refractivity contribution in [3.63, 3.8) is 0 Å². The fraction of sp³-hybridized carbons (Fsp3) is 0.0435. The highest BCUT2D eigenvalue weighted by atomic mass is 32.2. The molecule has 0 aliphatic carbocycles. The first kappa shape index (κ1) is 18.1. The minimum Gasteiger partial charge on any atom is -0.436 e. The number of carbonyl (C=O) groups excluding carboxylic acids is 1. The fourth-order valence-electron chi connectivity index (χ4n) is 2.87. The van der Waals surface area contributed by atoms with E-state index in [1.807, 2.05) is 79.1 Å². The normalized spacial score (nSPS) is 10.6. The van der Waals surface area contributed by atoms with Crippen LogP contribution in [0.1, 0.15) is 10.4 Å². The summed E-state index contributed by atoms with van der Waals surface area (Å²) in [6.07, 6.45) is 3.70. The zero-order valence-corrected chi connectivity index (χ0v) is 16.1. The quantitative estimate of drug-likeness (QED) is 0.429. The Bertz CT molecular complexity index is 1090. The molecule has 0 radical (unpaired) electrons. The second-order valence-corrected chi connectivity index (χ2v) is 7.00. The number of anilines is 1. The largest absolute Gasteiger partial charge is 0.436 e. The molecule has 28 heavy (non-hydrogen) atoms. The van der Waals surface area contributed by atoms with Gasteiger partial charge in [0.15, 0.2) is 5.76 Å². The van der Waals surface area contributed by atoms with Crippen molar-refractivity contribution >= 4 is 23.4 Å². The van der Waals surface area contributed by atoms with E-state index in [-0.39, 0.29) is 5.91 Å². The maximum absolute atomic E-state index is 12.9. The third-order valence-corrected chi connectivity index (χ3v) is 5.06. The summed E-state index contributed by atoms with van der Waals surface area (Å²) in [4.78, 5) is 18.4. The van der Waals surface area contributed by atoms with Gasteiger partial charge in [-0.15, -0.1) is 11.8 Å². The number of hydrogen-bond donors (Lipinski definition) is 1. The Labute approximate surface area is 167 Å². The molecule has 0 bridgehead atoms. The highest BCUT2D eigenvalue weighted by Crippen LogP contribution is 2.28. The molecule has 5 heteroatoms. The lowest BCUT2D eigenvalue weighted by Crippen LogP contribution is -2.13. The van der Waals surface area contributed by atoms with Crippen molar-refractivity contribution in [1.29, 1.82) is 0 Å². The molecule has 1 aromatic heterocycles. The van der Waals surface area contributed by atoms with Crippen LogP contribution in [0.3, 0.4) is 0 Å². The number of rotatable bonds is 5. The minimum absolute atomic E-state index is 0.202. The van der Waals surface area contributed by atoms with Gasteiger partial charge < -0.3 is 9.73 Å². The monoisotopic (exact) mass is 386 g/mol. The Hall–Kier alpha value is -3.31. The van der Waals surface area contributed by atoms with E-state index in [1.54, 1.807) is 24.0 Å². The van der Waals surface area contributed by atoms with Gasteiger partial charge in [-0.1, -0.05) is 42.5 Å². The number of benzene rings is 3. The van der Waals surface area contributed by atoms with Gasteiger partial charge in [0.1, 0.15) is 0 Å². The van der Waals surface area contributed by atoms with Crippen LogP contribution in [0.25, 0.3) is 22.8 Å². The predicted octanol–water partition coefficient (Wildman–Crippen LogP) is 5.98. The molecule has 3 aromatic carbocycles. The molecular weight excluding hydrogens is 368 g/mol. The van der Waals surface area contributed by atoms with Crippen molar-refractivity contribution < 1.29 is 9.21 Å². The van der Waals surface area contributed by atoms with Crippen molar-refractivity contribution in [1.82, 2.24) is 4.98 Å². The van der Waals surface area contributed by atoms with Crippen LogP contribution in [-0.2, 0) is 0 Å². The molecule has 0 spiro atoms. The van der Waals surface area contributed by atoms with Crippen LogP contribution in [0.2, 0.25) is 0 Å². The Morgan fingerprint density at radius 1 is 0.929 bits per heavy atom. The number of oxazole rings is 1. The summed E-state index contributed by atoms with van der Waals surface area (Å²) in [6.45, 7) is 0. The molecule has 0 saturated carbocycles. The van der Waals surface area contributed by atoms with Crippen molar-refractivity contribution in [2.75, 3.05) is 11.6 Å². The first-order chi connectivity index (χ1) is 13.7. The summed E-state index contributed by atoms with van der Waals surface area (Å²) in [5.74, 6) is 0.882. The van der Waals surface area contributed by atoms with Gasteiger partial charge in [-0.05, 0) is 42.7 Å². The van der Waals surface area contributed by atoms with Gasteiger partial charge in [0.2, 0.25) is 5.89 Å². The van der Waals surface area contributed by atoms with Crippen molar-refractivity contribution in [3.05, 3.63) is 90.6 Å². The van der Waals surface area contributed by atoms with Gasteiger partial charge in [-0.3, -0.25) is 4.79 Å². The summed E-state index contributed by atoms with van der Waals surface area (Å²) < 4.78 is 5.93. The molecule has 0 aliphatic rings. The summed E-state index contributed by atoms with van der Waals surface area (Å²) >= 11 is 1.66. The van der Waals surface area contributed by atoms with Gasteiger partial charge in [-0.2, -0.15) is 0 Å². The van der Waals surface area contributed by atoms with Crippen molar-refractivity contribution in [2.45, 2.75) is 4.90 Å². The molecule has 0 unspecified atom stereocenters. The zero-order chi connectivity index (χ0) is 19.3. The standard InChI is InChI=1S/C23H18N2O2S/c1-28-18-13-11-17(12-14-18)25-22(26)19-9-5-6-10-20(19)23-24-15-21(27-23)16-7-3-2-4-8-16/h2-15H,1H3,(H,25,26). The van der Waals surface area contributed by atoms with Crippen LogP contribution < -0.4 is 5.32 Å². The topological polar surface area (TPSA) is 55.1 Å². The van der Waals surface area contributed by atoms with Crippen molar-refractivity contribution in [3.8, 4) is 22.8 Å². The lowest BCUT2D eigenvalue weighted by atomic mass is 10.1. The molecule has 0 atom stereocenters. The molecular formula is C23H18N2O2S. The lowest BCUT2D eigenvalue weighted by Gasteiger charge is -2.09. The molecule has 0 fully saturated rings. The number of aromatic nitrogens is 1. The highest BCUT2D eigenvalue weighted by molar-refractivity contribution is 7.98. The van der Waals surface area contributed by atoms with E-state index in [1.165, 1.54) is 0 Å². The predicted molar refractivity (Wildman–Crippen MR) is 114 cm³/mol. The van der Waals surface area contributed by atoms with E-state index < -0.39 is 0 Å². The molecule has 4 nitrogen and oxygen atoms in total. The maximum atomic E-state index is 12.9. The smallest absolute Gasteiger partial charge is 0.256 e. The van der Waals surface area contributed by atoms with Gasteiger partial charge >= 0.3 is 0 Å². The lowest BCUT2D eigenvalue weighted by molar-refractivity contribution is 0.102. The Morgan fingerprint density at radius 3 is 2.39 bits per heavy atom. The number of nitrogens with one attached hydrogen (secondary N) is 1. The third-order valence-electron chi connectivity index (χ3n) is 4.31. The number of thioether (sulfide) groups is 1. The van der Waals surface area contributed by atoms with Crippen LogP contribution >= 0.6 is 11.8 Å². The van der Waals surface area contributed by atoms with Crippen LogP contribution in [0.15, 0.2) is 94.4 Å². The van der Waals surface area contributed by atoms with Crippen molar-refractivity contribution in [2.24, 2.45) is 0 Å². The van der Waals surface area contributed by atoms with E-state index >= 15 is 0 Å². The summed E-state index contributed by atoms with van der Waals surface area (Å²) in [7, 11) is 0. The number of nitrogens with zero attached hydrogens (tertiary/aromatic N) is 1. The Kier molecular flexibility index (Phi) is 5.26. The van der Waals surface area contributed by atoms with Gasteiger partial charge in [0, 0.05) is 21.7 Å². The first-order valence-electron chi connectivity index (χ1n) is 8.80. The molecule has 0 aliphatic heterocycles. The second kappa shape index (κ2) is 8.15. The third kappa shape index (κ3) is 3.85. The van der Waals surface area contributed by atoms with E-state index in [0.29, 0.717) is 22.8 Å². The van der Waals surface area contributed by atoms with E-state index in [0.717, 1.165) is 16.1 Å². The number of carbonyl (C=O) groups is 1.